The predicted octanol–water partition coefficient (Wildman–Crippen LogP) is 4.83. The van der Waals surface area contributed by atoms with Gasteiger partial charge in [0.2, 0.25) is 0 Å². The molecule has 3 atom stereocenters. The number of hydrogen-bond acceptors (Lipinski definition) is 1. The molecule has 108 valence electrons. The van der Waals surface area contributed by atoms with Crippen LogP contribution in [-0.4, -0.2) is 30.2 Å². The number of allylic oxidation sites excluding steroid dienone is 1. The van der Waals surface area contributed by atoms with Gasteiger partial charge in [0.1, 0.15) is 6.67 Å². The van der Waals surface area contributed by atoms with Crippen molar-refractivity contribution >= 4 is 0 Å². The molecule has 2 bridgehead atoms. The summed E-state index contributed by atoms with van der Waals surface area (Å²) in [4.78, 5) is 2.38. The number of fused-ring (bicyclic) bond motifs is 2. The van der Waals surface area contributed by atoms with Gasteiger partial charge in [-0.05, 0) is 31.6 Å². The van der Waals surface area contributed by atoms with Gasteiger partial charge >= 0.3 is 0 Å². The van der Waals surface area contributed by atoms with Crippen LogP contribution in [0, 0.1) is 5.92 Å². The van der Waals surface area contributed by atoms with Gasteiger partial charge in [-0.2, -0.15) is 0 Å². The average Bonchev–Trinajstić information content (AvgIpc) is 3.03. The number of rotatable bonds is 4. The van der Waals surface area contributed by atoms with E-state index in [1.807, 2.05) is 27.7 Å². The van der Waals surface area contributed by atoms with Crippen molar-refractivity contribution in [3.63, 3.8) is 0 Å². The molecule has 3 unspecified atom stereocenters. The van der Waals surface area contributed by atoms with E-state index in [4.69, 9.17) is 0 Å². The Morgan fingerprint density at radius 3 is 2.39 bits per heavy atom. The van der Waals surface area contributed by atoms with Crippen LogP contribution in [0.4, 0.5) is 4.39 Å². The minimum absolute atomic E-state index is 0.195. The monoisotopic (exact) mass is 257 g/mol. The number of piperidine rings is 1. The lowest BCUT2D eigenvalue weighted by atomic mass is 9.98. The maximum Gasteiger partial charge on any atom is 0.102 e. The van der Waals surface area contributed by atoms with Crippen LogP contribution in [0.2, 0.25) is 0 Å². The van der Waals surface area contributed by atoms with Crippen molar-refractivity contribution in [3.8, 4) is 0 Å². The van der Waals surface area contributed by atoms with Crippen LogP contribution >= 0.6 is 0 Å². The average molecular weight is 257 g/mol. The molecule has 1 saturated heterocycles. The molecular weight excluding hydrogens is 225 g/mol. The molecule has 1 saturated carbocycles. The van der Waals surface area contributed by atoms with Crippen LogP contribution in [0.15, 0.2) is 12.2 Å². The summed E-state index contributed by atoms with van der Waals surface area (Å²) in [6, 6.07) is 1.23. The fourth-order valence-corrected chi connectivity index (χ4v) is 3.09. The van der Waals surface area contributed by atoms with Crippen LogP contribution in [0.3, 0.4) is 0 Å². The molecule has 0 spiro atoms. The minimum Gasteiger partial charge on any atom is -0.291 e. The van der Waals surface area contributed by atoms with E-state index in [0.29, 0.717) is 18.6 Å². The van der Waals surface area contributed by atoms with Crippen molar-refractivity contribution in [3.05, 3.63) is 12.2 Å². The Kier molecular flexibility index (Phi) is 10.3. The molecule has 0 radical (unpaired) electrons. The van der Waals surface area contributed by atoms with E-state index in [-0.39, 0.29) is 6.67 Å². The zero-order chi connectivity index (χ0) is 14.0. The summed E-state index contributed by atoms with van der Waals surface area (Å²) < 4.78 is 12.4. The highest BCUT2D eigenvalue weighted by molar-refractivity contribution is 5.08. The molecule has 1 heterocycles. The van der Waals surface area contributed by atoms with Crippen LogP contribution in [0.5, 0.6) is 0 Å². The highest BCUT2D eigenvalue weighted by Crippen LogP contribution is 2.42. The molecule has 0 aromatic heterocycles. The molecule has 0 aromatic rings. The van der Waals surface area contributed by atoms with Gasteiger partial charge in [0.05, 0.1) is 0 Å². The molecular formula is C16H32FN. The zero-order valence-corrected chi connectivity index (χ0v) is 13.0. The maximum atomic E-state index is 12.4. The van der Waals surface area contributed by atoms with Crippen molar-refractivity contribution in [2.24, 2.45) is 5.92 Å². The van der Waals surface area contributed by atoms with Crippen molar-refractivity contribution in [1.82, 2.24) is 4.90 Å². The first kappa shape index (κ1) is 17.6. The predicted molar refractivity (Wildman–Crippen MR) is 79.7 cm³/mol. The first-order valence-electron chi connectivity index (χ1n) is 7.85. The van der Waals surface area contributed by atoms with Crippen molar-refractivity contribution < 1.29 is 4.39 Å². The van der Waals surface area contributed by atoms with E-state index in [1.54, 1.807) is 0 Å². The lowest BCUT2D eigenvalue weighted by molar-refractivity contribution is 0.156. The smallest absolute Gasteiger partial charge is 0.102 e. The minimum atomic E-state index is -0.195. The molecule has 0 amide bonds. The molecule has 2 heteroatoms. The summed E-state index contributed by atoms with van der Waals surface area (Å²) in [5, 5.41) is 0. The second-order valence-electron chi connectivity index (χ2n) is 4.48. The van der Waals surface area contributed by atoms with Crippen molar-refractivity contribution in [1.29, 1.82) is 0 Å². The van der Waals surface area contributed by atoms with Gasteiger partial charge in [0, 0.05) is 18.6 Å². The standard InChI is InChI=1S/C12H20FN.2C2H6/c1-2-3-4-12-10-5-6-11(9-10)14(12)8-7-13;2*1-2/h3-4,10-12H,2,5-9H2,1H3;2*1-2H3/b4-3+;;. The lowest BCUT2D eigenvalue weighted by Gasteiger charge is -2.32. The first-order chi connectivity index (χ1) is 8.86. The quantitative estimate of drug-likeness (QED) is 0.652. The zero-order valence-electron chi connectivity index (χ0n) is 13.0. The van der Waals surface area contributed by atoms with Gasteiger partial charge < -0.3 is 0 Å². The molecule has 1 nitrogen and oxygen atoms in total. The van der Waals surface area contributed by atoms with E-state index in [2.05, 4.69) is 24.0 Å². The second kappa shape index (κ2) is 10.5. The number of hydrogen-bond donors (Lipinski definition) is 0. The Balaban J connectivity index is 0.000000659. The third-order valence-corrected chi connectivity index (χ3v) is 3.69. The molecule has 0 N–H and O–H groups in total. The van der Waals surface area contributed by atoms with Gasteiger partial charge in [-0.3, -0.25) is 4.90 Å². The van der Waals surface area contributed by atoms with Gasteiger partial charge in [0.15, 0.2) is 0 Å². The van der Waals surface area contributed by atoms with E-state index in [9.17, 15) is 4.39 Å². The Morgan fingerprint density at radius 1 is 1.17 bits per heavy atom. The molecule has 2 fully saturated rings. The van der Waals surface area contributed by atoms with E-state index < -0.39 is 0 Å². The summed E-state index contributed by atoms with van der Waals surface area (Å²) in [6.07, 6.45) is 9.58. The second-order valence-corrected chi connectivity index (χ2v) is 4.48. The summed E-state index contributed by atoms with van der Waals surface area (Å²) in [7, 11) is 0. The van der Waals surface area contributed by atoms with E-state index >= 15 is 0 Å². The van der Waals surface area contributed by atoms with E-state index in [0.717, 1.165) is 12.3 Å². The fraction of sp³-hybridized carbons (Fsp3) is 0.875. The van der Waals surface area contributed by atoms with Gasteiger partial charge in [-0.15, -0.1) is 0 Å². The van der Waals surface area contributed by atoms with Crippen LogP contribution < -0.4 is 0 Å². The fourth-order valence-electron chi connectivity index (χ4n) is 3.09. The van der Waals surface area contributed by atoms with Crippen LogP contribution in [-0.2, 0) is 0 Å². The molecule has 1 aliphatic carbocycles. The number of halogens is 1. The molecule has 2 rings (SSSR count). The third kappa shape index (κ3) is 4.38. The van der Waals surface area contributed by atoms with Gasteiger partial charge in [-0.25, -0.2) is 4.39 Å². The highest BCUT2D eigenvalue weighted by atomic mass is 19.1. The van der Waals surface area contributed by atoms with Gasteiger partial charge in [0.25, 0.3) is 0 Å². The lowest BCUT2D eigenvalue weighted by Crippen LogP contribution is -2.40. The van der Waals surface area contributed by atoms with Crippen molar-refractivity contribution in [2.75, 3.05) is 13.2 Å². The summed E-state index contributed by atoms with van der Waals surface area (Å²) in [5.41, 5.74) is 0. The molecule has 2 aliphatic rings. The van der Waals surface area contributed by atoms with Crippen LogP contribution in [0.1, 0.15) is 60.3 Å². The Hall–Kier alpha value is -0.370. The first-order valence-corrected chi connectivity index (χ1v) is 7.85. The van der Waals surface area contributed by atoms with Crippen molar-refractivity contribution in [2.45, 2.75) is 72.4 Å². The van der Waals surface area contributed by atoms with Gasteiger partial charge in [-0.1, -0.05) is 46.8 Å². The normalized spacial score (nSPS) is 29.8. The Bertz CT molecular complexity index is 215. The third-order valence-electron chi connectivity index (χ3n) is 3.69. The number of likely N-dealkylation sites (tertiary alicyclic amines) is 1. The summed E-state index contributed by atoms with van der Waals surface area (Å²) >= 11 is 0. The Morgan fingerprint density at radius 2 is 1.83 bits per heavy atom. The highest BCUT2D eigenvalue weighted by Gasteiger charge is 2.43. The summed E-state index contributed by atoms with van der Waals surface area (Å²) in [5.74, 6) is 0.814. The molecule has 1 aliphatic heterocycles. The maximum absolute atomic E-state index is 12.4. The SMILES string of the molecule is CC.CC.CC/C=C/C1C2CCC(C2)N1CCF. The number of nitrogens with zero attached hydrogens (tertiary/aromatic N) is 1. The Labute approximate surface area is 113 Å². The molecule has 18 heavy (non-hydrogen) atoms. The number of alkyl halides is 1. The van der Waals surface area contributed by atoms with Crippen LogP contribution in [0.25, 0.3) is 0 Å². The largest absolute Gasteiger partial charge is 0.291 e. The van der Waals surface area contributed by atoms with E-state index in [1.165, 1.54) is 19.3 Å². The summed E-state index contributed by atoms with van der Waals surface area (Å²) in [6.45, 7) is 10.6. The topological polar surface area (TPSA) is 3.24 Å². The molecule has 0 aromatic carbocycles.